The summed E-state index contributed by atoms with van der Waals surface area (Å²) < 4.78 is 6.16. The highest BCUT2D eigenvalue weighted by molar-refractivity contribution is 9.10. The fourth-order valence-electron chi connectivity index (χ4n) is 3.02. The molecule has 5 nitrogen and oxygen atoms in total. The lowest BCUT2D eigenvalue weighted by Crippen LogP contribution is -2.27. The van der Waals surface area contributed by atoms with Crippen molar-refractivity contribution in [2.75, 3.05) is 0 Å². The number of carbonyl (C=O) groups excluding carboxylic acids is 3. The number of halogens is 3. The Morgan fingerprint density at radius 2 is 1.79 bits per heavy atom. The van der Waals surface area contributed by atoms with E-state index in [1.807, 2.05) is 6.07 Å². The average Bonchev–Trinajstić information content (AvgIpc) is 3.04. The van der Waals surface area contributed by atoms with Gasteiger partial charge in [-0.05, 0) is 71.4 Å². The van der Waals surface area contributed by atoms with Gasteiger partial charge in [0.1, 0.15) is 5.75 Å². The third-order valence-electron chi connectivity index (χ3n) is 4.67. The van der Waals surface area contributed by atoms with Gasteiger partial charge in [-0.3, -0.25) is 14.5 Å². The third-order valence-corrected chi connectivity index (χ3v) is 6.65. The van der Waals surface area contributed by atoms with Crippen molar-refractivity contribution >= 4 is 74.1 Å². The molecule has 0 aromatic heterocycles. The smallest absolute Gasteiger partial charge is 0.343 e. The van der Waals surface area contributed by atoms with Gasteiger partial charge in [0, 0.05) is 14.5 Å². The maximum absolute atomic E-state index is 12.8. The number of rotatable bonds is 5. The molecule has 0 unspecified atom stereocenters. The van der Waals surface area contributed by atoms with E-state index in [2.05, 4.69) is 15.9 Å². The number of carbonyl (C=O) groups is 3. The molecule has 3 aromatic carbocycles. The molecule has 0 spiro atoms. The molecular weight excluding hydrogens is 549 g/mol. The van der Waals surface area contributed by atoms with E-state index in [1.54, 1.807) is 66.7 Å². The minimum atomic E-state index is -0.481. The summed E-state index contributed by atoms with van der Waals surface area (Å²) in [6, 6.07) is 18.5. The summed E-state index contributed by atoms with van der Waals surface area (Å²) in [6.45, 7) is 0.0580. The molecule has 0 atom stereocenters. The van der Waals surface area contributed by atoms with Crippen LogP contribution in [-0.4, -0.2) is 22.0 Å². The zero-order valence-electron chi connectivity index (χ0n) is 16.8. The molecule has 166 valence electrons. The molecule has 1 fully saturated rings. The molecule has 0 saturated carbocycles. The fraction of sp³-hybridized carbons (Fsp3) is 0.0417. The van der Waals surface area contributed by atoms with Crippen molar-refractivity contribution in [1.29, 1.82) is 0 Å². The Balaban J connectivity index is 1.45. The molecule has 0 bridgehead atoms. The predicted octanol–water partition coefficient (Wildman–Crippen LogP) is 7.21. The molecule has 33 heavy (non-hydrogen) atoms. The Labute approximate surface area is 212 Å². The first-order valence-corrected chi connectivity index (χ1v) is 11.9. The van der Waals surface area contributed by atoms with Crippen molar-refractivity contribution in [3.8, 4) is 5.75 Å². The number of esters is 1. The Morgan fingerprint density at radius 3 is 2.48 bits per heavy atom. The second kappa shape index (κ2) is 10.1. The van der Waals surface area contributed by atoms with Crippen LogP contribution in [0.3, 0.4) is 0 Å². The van der Waals surface area contributed by atoms with Crippen LogP contribution in [0.4, 0.5) is 4.79 Å². The van der Waals surface area contributed by atoms with Crippen LogP contribution in [0.25, 0.3) is 6.08 Å². The van der Waals surface area contributed by atoms with Gasteiger partial charge in [-0.25, -0.2) is 4.79 Å². The van der Waals surface area contributed by atoms with Gasteiger partial charge in [-0.1, -0.05) is 63.4 Å². The van der Waals surface area contributed by atoms with Crippen LogP contribution in [0.5, 0.6) is 5.75 Å². The van der Waals surface area contributed by atoms with E-state index in [4.69, 9.17) is 27.9 Å². The summed E-state index contributed by atoms with van der Waals surface area (Å²) >= 11 is 16.3. The summed E-state index contributed by atoms with van der Waals surface area (Å²) in [5.74, 6) is -0.519. The monoisotopic (exact) mass is 561 g/mol. The molecule has 2 amide bonds. The molecule has 1 heterocycles. The molecular formula is C24H14BrCl2NO4S. The third kappa shape index (κ3) is 5.68. The van der Waals surface area contributed by atoms with E-state index >= 15 is 0 Å². The van der Waals surface area contributed by atoms with Crippen molar-refractivity contribution < 1.29 is 19.1 Å². The van der Waals surface area contributed by atoms with Gasteiger partial charge in [-0.2, -0.15) is 0 Å². The van der Waals surface area contributed by atoms with Gasteiger partial charge in [0.25, 0.3) is 11.1 Å². The van der Waals surface area contributed by atoms with E-state index in [0.717, 1.165) is 21.1 Å². The molecule has 0 aliphatic carbocycles. The summed E-state index contributed by atoms with van der Waals surface area (Å²) in [7, 11) is 0. The SMILES string of the molecule is O=C(Oc1ccc(/C=C2\SC(=O)N(Cc3ccc(Cl)cc3Cl)C2=O)cc1)c1cccc(Br)c1. The summed E-state index contributed by atoms with van der Waals surface area (Å²) in [4.78, 5) is 38.9. The minimum Gasteiger partial charge on any atom is -0.423 e. The molecule has 0 radical (unpaired) electrons. The number of ether oxygens (including phenoxy) is 1. The first-order valence-electron chi connectivity index (χ1n) is 9.57. The molecule has 9 heteroatoms. The van der Waals surface area contributed by atoms with Gasteiger partial charge in [-0.15, -0.1) is 0 Å². The quantitative estimate of drug-likeness (QED) is 0.187. The molecule has 4 rings (SSSR count). The second-order valence-corrected chi connectivity index (χ2v) is 9.72. The second-order valence-electron chi connectivity index (χ2n) is 6.97. The van der Waals surface area contributed by atoms with Crippen LogP contribution >= 0.6 is 50.9 Å². The molecule has 0 N–H and O–H groups in total. The largest absolute Gasteiger partial charge is 0.423 e. The van der Waals surface area contributed by atoms with E-state index in [9.17, 15) is 14.4 Å². The van der Waals surface area contributed by atoms with Gasteiger partial charge in [0.05, 0.1) is 17.0 Å². The standard InChI is InChI=1S/C24H14BrCl2NO4S/c25-17-3-1-2-15(11-17)23(30)32-19-8-4-14(5-9-19)10-21-22(29)28(24(31)33-21)13-16-6-7-18(26)12-20(16)27/h1-12H,13H2/b21-10-. The average molecular weight is 563 g/mol. The summed E-state index contributed by atoms with van der Waals surface area (Å²) in [6.07, 6.45) is 1.62. The number of hydrogen-bond acceptors (Lipinski definition) is 5. The number of hydrogen-bond donors (Lipinski definition) is 0. The Bertz CT molecular complexity index is 1290. The first-order chi connectivity index (χ1) is 15.8. The van der Waals surface area contributed by atoms with Gasteiger partial charge >= 0.3 is 5.97 Å². The Morgan fingerprint density at radius 1 is 1.03 bits per heavy atom. The number of amides is 2. The van der Waals surface area contributed by atoms with E-state index in [-0.39, 0.29) is 11.8 Å². The molecule has 3 aromatic rings. The predicted molar refractivity (Wildman–Crippen MR) is 134 cm³/mol. The zero-order chi connectivity index (χ0) is 23.5. The van der Waals surface area contributed by atoms with Gasteiger partial charge < -0.3 is 4.74 Å². The topological polar surface area (TPSA) is 63.7 Å². The maximum Gasteiger partial charge on any atom is 0.343 e. The normalized spacial score (nSPS) is 14.8. The number of nitrogens with zero attached hydrogens (tertiary/aromatic N) is 1. The van der Waals surface area contributed by atoms with E-state index < -0.39 is 11.9 Å². The van der Waals surface area contributed by atoms with Crippen molar-refractivity contribution in [3.05, 3.63) is 103 Å². The summed E-state index contributed by atoms with van der Waals surface area (Å²) in [5.41, 5.74) is 1.73. The van der Waals surface area contributed by atoms with Crippen molar-refractivity contribution in [2.45, 2.75) is 6.54 Å². The van der Waals surface area contributed by atoms with Crippen molar-refractivity contribution in [3.63, 3.8) is 0 Å². The molecule has 1 aliphatic rings. The van der Waals surface area contributed by atoms with Crippen LogP contribution in [-0.2, 0) is 11.3 Å². The lowest BCUT2D eigenvalue weighted by Gasteiger charge is -2.13. The van der Waals surface area contributed by atoms with Gasteiger partial charge in [0.15, 0.2) is 0 Å². The molecule has 1 saturated heterocycles. The van der Waals surface area contributed by atoms with Crippen LogP contribution < -0.4 is 4.74 Å². The van der Waals surface area contributed by atoms with Crippen LogP contribution in [0.1, 0.15) is 21.5 Å². The van der Waals surface area contributed by atoms with E-state index in [1.165, 1.54) is 0 Å². The Kier molecular flexibility index (Phi) is 7.24. The zero-order valence-corrected chi connectivity index (χ0v) is 20.7. The van der Waals surface area contributed by atoms with Crippen molar-refractivity contribution in [2.24, 2.45) is 0 Å². The fourth-order valence-corrected chi connectivity index (χ4v) is 4.73. The summed E-state index contributed by atoms with van der Waals surface area (Å²) in [5, 5.41) is 0.485. The number of thioether (sulfide) groups is 1. The number of imide groups is 1. The lowest BCUT2D eigenvalue weighted by atomic mass is 10.2. The first kappa shape index (κ1) is 23.6. The van der Waals surface area contributed by atoms with Crippen molar-refractivity contribution in [1.82, 2.24) is 4.90 Å². The highest BCUT2D eigenvalue weighted by atomic mass is 79.9. The van der Waals surface area contributed by atoms with Gasteiger partial charge in [0.2, 0.25) is 0 Å². The van der Waals surface area contributed by atoms with E-state index in [0.29, 0.717) is 37.4 Å². The van der Waals surface area contributed by atoms with Crippen LogP contribution in [0.15, 0.2) is 76.1 Å². The highest BCUT2D eigenvalue weighted by Crippen LogP contribution is 2.34. The lowest BCUT2D eigenvalue weighted by molar-refractivity contribution is -0.123. The minimum absolute atomic E-state index is 0.0580. The van der Waals surface area contributed by atoms with Crippen LogP contribution in [0.2, 0.25) is 10.0 Å². The highest BCUT2D eigenvalue weighted by Gasteiger charge is 2.35. The molecule has 1 aliphatic heterocycles. The number of benzene rings is 3. The maximum atomic E-state index is 12.8. The Hall–Kier alpha value is -2.58. The van der Waals surface area contributed by atoms with Crippen LogP contribution in [0, 0.1) is 0 Å².